The Balaban J connectivity index is 1.59. The molecule has 6 heteroatoms. The third kappa shape index (κ3) is 4.70. The van der Waals surface area contributed by atoms with Crippen molar-refractivity contribution in [1.29, 1.82) is 0 Å². The molecule has 0 aliphatic carbocycles. The Hall–Kier alpha value is -3.02. The minimum absolute atomic E-state index is 0.171. The fourth-order valence-electron chi connectivity index (χ4n) is 3.14. The van der Waals surface area contributed by atoms with Crippen LogP contribution < -0.4 is 5.32 Å². The molecule has 146 valence electrons. The van der Waals surface area contributed by atoms with Crippen molar-refractivity contribution in [2.75, 3.05) is 0 Å². The molecule has 4 nitrogen and oxygen atoms in total. The third-order valence-electron chi connectivity index (χ3n) is 4.60. The van der Waals surface area contributed by atoms with E-state index in [0.29, 0.717) is 17.1 Å². The van der Waals surface area contributed by atoms with Gasteiger partial charge in [0.05, 0.1) is 6.54 Å². The van der Waals surface area contributed by atoms with E-state index < -0.39 is 0 Å². The van der Waals surface area contributed by atoms with Gasteiger partial charge in [-0.2, -0.15) is 15.0 Å². The average molecular weight is 407 g/mol. The predicted octanol–water partition coefficient (Wildman–Crippen LogP) is 5.08. The summed E-state index contributed by atoms with van der Waals surface area (Å²) in [7, 11) is 0. The SMILES string of the molecule is Fc1cccc(Cl)c1Cn1nc(CNCc2ccccc2)c(-c2ccccc2)n1. The second kappa shape index (κ2) is 8.99. The minimum atomic E-state index is -0.361. The molecule has 4 rings (SSSR count). The molecule has 0 aliphatic rings. The summed E-state index contributed by atoms with van der Waals surface area (Å²) in [5.74, 6) is -0.361. The van der Waals surface area contributed by atoms with E-state index in [1.807, 2.05) is 48.5 Å². The van der Waals surface area contributed by atoms with Crippen LogP contribution in [0.2, 0.25) is 5.02 Å². The average Bonchev–Trinajstić information content (AvgIpc) is 3.15. The van der Waals surface area contributed by atoms with Crippen LogP contribution in [0.15, 0.2) is 78.9 Å². The maximum Gasteiger partial charge on any atom is 0.129 e. The summed E-state index contributed by atoms with van der Waals surface area (Å²) in [6.07, 6.45) is 0. The van der Waals surface area contributed by atoms with E-state index in [4.69, 9.17) is 11.6 Å². The maximum absolute atomic E-state index is 14.2. The topological polar surface area (TPSA) is 42.7 Å². The Morgan fingerprint density at radius 1 is 0.828 bits per heavy atom. The van der Waals surface area contributed by atoms with E-state index in [1.165, 1.54) is 16.4 Å². The lowest BCUT2D eigenvalue weighted by Crippen LogP contribution is -2.14. The Morgan fingerprint density at radius 2 is 1.55 bits per heavy atom. The normalized spacial score (nSPS) is 11.0. The van der Waals surface area contributed by atoms with Gasteiger partial charge in [0, 0.05) is 29.2 Å². The molecule has 1 N–H and O–H groups in total. The molecule has 3 aromatic carbocycles. The van der Waals surface area contributed by atoms with Gasteiger partial charge in [0.25, 0.3) is 0 Å². The molecule has 29 heavy (non-hydrogen) atoms. The highest BCUT2D eigenvalue weighted by Crippen LogP contribution is 2.23. The Morgan fingerprint density at radius 3 is 2.28 bits per heavy atom. The second-order valence-electron chi connectivity index (χ2n) is 6.68. The summed E-state index contributed by atoms with van der Waals surface area (Å²) in [5.41, 5.74) is 4.12. The molecule has 1 heterocycles. The predicted molar refractivity (Wildman–Crippen MR) is 113 cm³/mol. The summed E-state index contributed by atoms with van der Waals surface area (Å²) in [5, 5.41) is 13.0. The number of nitrogens with zero attached hydrogens (tertiary/aromatic N) is 3. The highest BCUT2D eigenvalue weighted by Gasteiger charge is 2.15. The van der Waals surface area contributed by atoms with Gasteiger partial charge in [-0.05, 0) is 17.7 Å². The first-order chi connectivity index (χ1) is 14.2. The number of nitrogens with one attached hydrogen (secondary N) is 1. The van der Waals surface area contributed by atoms with Gasteiger partial charge in [0.1, 0.15) is 17.2 Å². The fourth-order valence-corrected chi connectivity index (χ4v) is 3.36. The van der Waals surface area contributed by atoms with Crippen molar-refractivity contribution in [3.63, 3.8) is 0 Å². The summed E-state index contributed by atoms with van der Waals surface area (Å²) in [6, 6.07) is 24.7. The summed E-state index contributed by atoms with van der Waals surface area (Å²) < 4.78 is 14.2. The Bertz CT molecular complexity index is 1060. The van der Waals surface area contributed by atoms with E-state index >= 15 is 0 Å². The van der Waals surface area contributed by atoms with E-state index in [0.717, 1.165) is 23.5 Å². The lowest BCUT2D eigenvalue weighted by atomic mass is 10.1. The van der Waals surface area contributed by atoms with Crippen molar-refractivity contribution in [3.05, 3.63) is 107 Å². The molecule has 0 aliphatic heterocycles. The van der Waals surface area contributed by atoms with Crippen molar-refractivity contribution in [2.45, 2.75) is 19.6 Å². The van der Waals surface area contributed by atoms with Gasteiger partial charge < -0.3 is 5.32 Å². The molecule has 0 fully saturated rings. The van der Waals surface area contributed by atoms with Crippen LogP contribution in [0.4, 0.5) is 4.39 Å². The van der Waals surface area contributed by atoms with Gasteiger partial charge in [-0.3, -0.25) is 0 Å². The standard InChI is InChI=1S/C23H20ClFN4/c24-20-12-7-13-21(25)19(20)16-29-27-22(15-26-14-17-8-3-1-4-9-17)23(28-29)18-10-5-2-6-11-18/h1-13,26H,14-16H2. The lowest BCUT2D eigenvalue weighted by molar-refractivity contribution is 0.543. The number of rotatable bonds is 7. The number of hydrogen-bond donors (Lipinski definition) is 1. The summed E-state index contributed by atoms with van der Waals surface area (Å²) >= 11 is 6.17. The monoisotopic (exact) mass is 406 g/mol. The maximum atomic E-state index is 14.2. The van der Waals surface area contributed by atoms with Crippen molar-refractivity contribution in [2.24, 2.45) is 0 Å². The zero-order chi connectivity index (χ0) is 20.1. The number of halogens is 2. The van der Waals surface area contributed by atoms with Crippen LogP contribution in [-0.4, -0.2) is 15.0 Å². The van der Waals surface area contributed by atoms with Crippen molar-refractivity contribution in [1.82, 2.24) is 20.3 Å². The fraction of sp³-hybridized carbons (Fsp3) is 0.130. The lowest BCUT2D eigenvalue weighted by Gasteiger charge is -2.05. The highest BCUT2D eigenvalue weighted by atomic mass is 35.5. The van der Waals surface area contributed by atoms with Gasteiger partial charge in [0.2, 0.25) is 0 Å². The van der Waals surface area contributed by atoms with Crippen LogP contribution in [-0.2, 0) is 19.6 Å². The Labute approximate surface area is 174 Å². The van der Waals surface area contributed by atoms with Gasteiger partial charge in [-0.1, -0.05) is 78.3 Å². The van der Waals surface area contributed by atoms with Gasteiger partial charge in [0.15, 0.2) is 0 Å². The van der Waals surface area contributed by atoms with Crippen LogP contribution in [0.25, 0.3) is 11.3 Å². The molecule has 1 aromatic heterocycles. The van der Waals surface area contributed by atoms with Gasteiger partial charge >= 0.3 is 0 Å². The first kappa shape index (κ1) is 19.3. The van der Waals surface area contributed by atoms with Crippen LogP contribution in [0.1, 0.15) is 16.8 Å². The van der Waals surface area contributed by atoms with Crippen molar-refractivity contribution >= 4 is 11.6 Å². The molecule has 0 radical (unpaired) electrons. The molecule has 0 unspecified atom stereocenters. The Kier molecular flexibility index (Phi) is 5.98. The number of benzene rings is 3. The zero-order valence-electron chi connectivity index (χ0n) is 15.7. The first-order valence-corrected chi connectivity index (χ1v) is 9.75. The van der Waals surface area contributed by atoms with Crippen molar-refractivity contribution in [3.8, 4) is 11.3 Å². The molecular formula is C23H20ClFN4. The molecular weight excluding hydrogens is 387 g/mol. The van der Waals surface area contributed by atoms with Crippen LogP contribution in [0.3, 0.4) is 0 Å². The molecule has 0 spiro atoms. The van der Waals surface area contributed by atoms with Gasteiger partial charge in [-0.15, -0.1) is 0 Å². The smallest absolute Gasteiger partial charge is 0.129 e. The molecule has 0 saturated heterocycles. The molecule has 0 amide bonds. The molecule has 0 bridgehead atoms. The van der Waals surface area contributed by atoms with E-state index in [-0.39, 0.29) is 12.4 Å². The summed E-state index contributed by atoms with van der Waals surface area (Å²) in [6.45, 7) is 1.44. The first-order valence-electron chi connectivity index (χ1n) is 9.37. The second-order valence-corrected chi connectivity index (χ2v) is 7.09. The highest BCUT2D eigenvalue weighted by molar-refractivity contribution is 6.31. The van der Waals surface area contributed by atoms with Crippen LogP contribution in [0.5, 0.6) is 0 Å². The number of aromatic nitrogens is 3. The van der Waals surface area contributed by atoms with E-state index in [9.17, 15) is 4.39 Å². The molecule has 0 atom stereocenters. The van der Waals surface area contributed by atoms with E-state index in [2.05, 4.69) is 27.6 Å². The number of hydrogen-bond acceptors (Lipinski definition) is 3. The molecule has 4 aromatic rings. The minimum Gasteiger partial charge on any atom is -0.307 e. The van der Waals surface area contributed by atoms with Crippen LogP contribution in [0, 0.1) is 5.82 Å². The molecule has 0 saturated carbocycles. The van der Waals surface area contributed by atoms with Gasteiger partial charge in [-0.25, -0.2) is 4.39 Å². The van der Waals surface area contributed by atoms with E-state index in [1.54, 1.807) is 12.1 Å². The van der Waals surface area contributed by atoms with Crippen LogP contribution >= 0.6 is 11.6 Å². The quantitative estimate of drug-likeness (QED) is 0.465. The zero-order valence-corrected chi connectivity index (χ0v) is 16.5. The summed E-state index contributed by atoms with van der Waals surface area (Å²) in [4.78, 5) is 1.51. The largest absolute Gasteiger partial charge is 0.307 e. The third-order valence-corrected chi connectivity index (χ3v) is 4.95. The van der Waals surface area contributed by atoms with Crippen molar-refractivity contribution < 1.29 is 4.39 Å².